The lowest BCUT2D eigenvalue weighted by atomic mass is 10.2. The van der Waals surface area contributed by atoms with Crippen LogP contribution in [-0.4, -0.2) is 17.3 Å². The highest BCUT2D eigenvalue weighted by atomic mass is 16.3. The summed E-state index contributed by atoms with van der Waals surface area (Å²) < 4.78 is 0. The fourth-order valence-electron chi connectivity index (χ4n) is 1.46. The van der Waals surface area contributed by atoms with Gasteiger partial charge in [-0.25, -0.2) is 0 Å². The number of nitrogens with one attached hydrogen (secondary N) is 1. The van der Waals surface area contributed by atoms with Crippen LogP contribution in [0.15, 0.2) is 42.5 Å². The quantitative estimate of drug-likeness (QED) is 0.583. The molecule has 4 heteroatoms. The SMILES string of the molecule is CNc1ccc(N)cc1C.Oc1cccc(O)c1. The molecule has 4 nitrogen and oxygen atoms in total. The second kappa shape index (κ2) is 6.39. The Kier molecular flexibility index (Phi) is 4.87. The fourth-order valence-corrected chi connectivity index (χ4v) is 1.46. The van der Waals surface area contributed by atoms with Gasteiger partial charge in [0.05, 0.1) is 0 Å². The van der Waals surface area contributed by atoms with Crippen molar-refractivity contribution in [2.24, 2.45) is 0 Å². The molecule has 0 heterocycles. The van der Waals surface area contributed by atoms with Crippen molar-refractivity contribution in [2.75, 3.05) is 18.1 Å². The van der Waals surface area contributed by atoms with Crippen LogP contribution in [0.5, 0.6) is 11.5 Å². The standard InChI is InChI=1S/C8H12N2.C6H6O2/c1-6-5-7(9)3-4-8(6)10-2;7-5-2-1-3-6(8)4-5/h3-5,10H,9H2,1-2H3;1-4,7-8H. The number of anilines is 2. The summed E-state index contributed by atoms with van der Waals surface area (Å²) in [5.41, 5.74) is 8.69. The summed E-state index contributed by atoms with van der Waals surface area (Å²) in [7, 11) is 1.90. The van der Waals surface area contributed by atoms with Gasteiger partial charge >= 0.3 is 0 Å². The first kappa shape index (κ1) is 13.7. The number of hydrogen-bond acceptors (Lipinski definition) is 4. The number of benzene rings is 2. The molecule has 0 spiro atoms. The second-order valence-electron chi connectivity index (χ2n) is 3.84. The molecule has 0 bridgehead atoms. The Morgan fingerprint density at radius 3 is 2.00 bits per heavy atom. The van der Waals surface area contributed by atoms with Crippen LogP contribution in [-0.2, 0) is 0 Å². The summed E-state index contributed by atoms with van der Waals surface area (Å²) in [5.74, 6) is 0.176. The monoisotopic (exact) mass is 246 g/mol. The molecule has 2 rings (SSSR count). The van der Waals surface area contributed by atoms with Crippen molar-refractivity contribution >= 4 is 11.4 Å². The highest BCUT2D eigenvalue weighted by Crippen LogP contribution is 2.16. The van der Waals surface area contributed by atoms with Gasteiger partial charge in [-0.3, -0.25) is 0 Å². The van der Waals surface area contributed by atoms with Gasteiger partial charge < -0.3 is 21.3 Å². The molecule has 0 aliphatic heterocycles. The summed E-state index contributed by atoms with van der Waals surface area (Å²) in [5, 5.41) is 20.4. The molecular weight excluding hydrogens is 228 g/mol. The predicted octanol–water partition coefficient (Wildman–Crippen LogP) is 2.72. The Labute approximate surface area is 107 Å². The van der Waals surface area contributed by atoms with Gasteiger partial charge in [-0.05, 0) is 42.8 Å². The third-order valence-electron chi connectivity index (χ3n) is 2.35. The van der Waals surface area contributed by atoms with Gasteiger partial charge in [-0.1, -0.05) is 6.07 Å². The zero-order chi connectivity index (χ0) is 13.5. The van der Waals surface area contributed by atoms with Gasteiger partial charge in [-0.2, -0.15) is 0 Å². The second-order valence-corrected chi connectivity index (χ2v) is 3.84. The molecule has 0 unspecified atom stereocenters. The number of aromatic hydroxyl groups is 2. The Morgan fingerprint density at radius 2 is 1.61 bits per heavy atom. The van der Waals surface area contributed by atoms with Crippen LogP contribution in [0, 0.1) is 6.92 Å². The van der Waals surface area contributed by atoms with E-state index in [0.717, 1.165) is 11.4 Å². The maximum Gasteiger partial charge on any atom is 0.119 e. The first-order valence-electron chi connectivity index (χ1n) is 5.55. The van der Waals surface area contributed by atoms with E-state index in [9.17, 15) is 0 Å². The van der Waals surface area contributed by atoms with E-state index in [4.69, 9.17) is 15.9 Å². The Hall–Kier alpha value is -2.36. The lowest BCUT2D eigenvalue weighted by molar-refractivity contribution is 0.450. The van der Waals surface area contributed by atoms with Crippen LogP contribution in [0.1, 0.15) is 5.56 Å². The zero-order valence-corrected chi connectivity index (χ0v) is 10.5. The van der Waals surface area contributed by atoms with Crippen LogP contribution in [0.4, 0.5) is 11.4 Å². The van der Waals surface area contributed by atoms with Crippen molar-refractivity contribution in [3.05, 3.63) is 48.0 Å². The molecule has 96 valence electrons. The summed E-state index contributed by atoms with van der Waals surface area (Å²) >= 11 is 0. The van der Waals surface area contributed by atoms with Gasteiger partial charge in [-0.15, -0.1) is 0 Å². The number of nitrogen functional groups attached to an aromatic ring is 1. The highest BCUT2D eigenvalue weighted by molar-refractivity contribution is 5.56. The summed E-state index contributed by atoms with van der Waals surface area (Å²) in [6.45, 7) is 2.03. The van der Waals surface area contributed by atoms with Gasteiger partial charge in [0, 0.05) is 24.5 Å². The van der Waals surface area contributed by atoms with Crippen LogP contribution >= 0.6 is 0 Å². The lowest BCUT2D eigenvalue weighted by Gasteiger charge is -2.04. The van der Waals surface area contributed by atoms with Crippen LogP contribution in [0.2, 0.25) is 0 Å². The number of phenolic OH excluding ortho intramolecular Hbond substituents is 2. The van der Waals surface area contributed by atoms with Crippen LogP contribution < -0.4 is 11.1 Å². The molecule has 0 saturated heterocycles. The van der Waals surface area contributed by atoms with E-state index in [2.05, 4.69) is 5.32 Å². The fraction of sp³-hybridized carbons (Fsp3) is 0.143. The van der Waals surface area contributed by atoms with E-state index in [1.807, 2.05) is 32.2 Å². The molecule has 0 saturated carbocycles. The average molecular weight is 246 g/mol. The molecule has 2 aromatic carbocycles. The highest BCUT2D eigenvalue weighted by Gasteiger charge is 1.93. The third kappa shape index (κ3) is 4.25. The maximum atomic E-state index is 8.65. The van der Waals surface area contributed by atoms with Crippen molar-refractivity contribution in [1.29, 1.82) is 0 Å². The Balaban J connectivity index is 0.000000184. The van der Waals surface area contributed by atoms with E-state index >= 15 is 0 Å². The van der Waals surface area contributed by atoms with Crippen molar-refractivity contribution in [2.45, 2.75) is 6.92 Å². The van der Waals surface area contributed by atoms with E-state index in [0.29, 0.717) is 0 Å². The molecule has 18 heavy (non-hydrogen) atoms. The molecule has 0 atom stereocenters. The normalized spacial score (nSPS) is 9.22. The molecule has 0 aliphatic rings. The maximum absolute atomic E-state index is 8.65. The molecule has 0 radical (unpaired) electrons. The molecular formula is C14H18N2O2. The topological polar surface area (TPSA) is 78.5 Å². The van der Waals surface area contributed by atoms with Crippen LogP contribution in [0.3, 0.4) is 0 Å². The van der Waals surface area contributed by atoms with Crippen molar-refractivity contribution in [3.8, 4) is 11.5 Å². The largest absolute Gasteiger partial charge is 0.508 e. The van der Waals surface area contributed by atoms with Gasteiger partial charge in [0.15, 0.2) is 0 Å². The first-order chi connectivity index (χ1) is 8.52. The Bertz CT molecular complexity index is 496. The molecule has 0 fully saturated rings. The molecule has 0 aliphatic carbocycles. The number of aryl methyl sites for hydroxylation is 1. The van der Waals surface area contributed by atoms with Crippen molar-refractivity contribution < 1.29 is 10.2 Å². The van der Waals surface area contributed by atoms with Crippen molar-refractivity contribution in [3.63, 3.8) is 0 Å². The minimum absolute atomic E-state index is 0.0880. The zero-order valence-electron chi connectivity index (χ0n) is 10.5. The van der Waals surface area contributed by atoms with Crippen LogP contribution in [0.25, 0.3) is 0 Å². The predicted molar refractivity (Wildman–Crippen MR) is 74.9 cm³/mol. The first-order valence-corrected chi connectivity index (χ1v) is 5.55. The smallest absolute Gasteiger partial charge is 0.119 e. The van der Waals surface area contributed by atoms with Gasteiger partial charge in [0.2, 0.25) is 0 Å². The molecule has 2 aromatic rings. The van der Waals surface area contributed by atoms with E-state index in [-0.39, 0.29) is 11.5 Å². The summed E-state index contributed by atoms with van der Waals surface area (Å²) in [4.78, 5) is 0. The third-order valence-corrected chi connectivity index (χ3v) is 2.35. The number of phenols is 2. The number of hydrogen-bond donors (Lipinski definition) is 4. The minimum atomic E-state index is 0.0880. The number of rotatable bonds is 1. The molecule has 0 amide bonds. The number of nitrogens with two attached hydrogens (primary N) is 1. The van der Waals surface area contributed by atoms with Gasteiger partial charge in [0.1, 0.15) is 11.5 Å². The molecule has 0 aromatic heterocycles. The summed E-state index contributed by atoms with van der Waals surface area (Å²) in [6, 6.07) is 11.7. The lowest BCUT2D eigenvalue weighted by Crippen LogP contribution is -1.92. The Morgan fingerprint density at radius 1 is 1.00 bits per heavy atom. The summed E-state index contributed by atoms with van der Waals surface area (Å²) in [6.07, 6.45) is 0. The molecule has 5 N–H and O–H groups in total. The average Bonchev–Trinajstić information content (AvgIpc) is 2.29. The van der Waals surface area contributed by atoms with E-state index < -0.39 is 0 Å². The van der Waals surface area contributed by atoms with Gasteiger partial charge in [0.25, 0.3) is 0 Å². The van der Waals surface area contributed by atoms with Crippen molar-refractivity contribution in [1.82, 2.24) is 0 Å². The van der Waals surface area contributed by atoms with E-state index in [1.54, 1.807) is 6.07 Å². The van der Waals surface area contributed by atoms with E-state index in [1.165, 1.54) is 23.8 Å². The minimum Gasteiger partial charge on any atom is -0.508 e.